The third kappa shape index (κ3) is 4.12. The first-order valence-electron chi connectivity index (χ1n) is 6.99. The lowest BCUT2D eigenvalue weighted by Crippen LogP contribution is -2.34. The lowest BCUT2D eigenvalue weighted by molar-refractivity contribution is -0.126. The summed E-state index contributed by atoms with van der Waals surface area (Å²) < 4.78 is 5.38. The van der Waals surface area contributed by atoms with Gasteiger partial charge >= 0.3 is 0 Å². The maximum Gasteiger partial charge on any atom is 0.246 e. The average molecular weight is 259 g/mol. The topological polar surface area (TPSA) is 29.5 Å². The SMILES string of the molecule is CCOc1ccc(C=CC(=O)N2CCCCC2)cc1. The van der Waals surface area contributed by atoms with Gasteiger partial charge < -0.3 is 9.64 Å². The van der Waals surface area contributed by atoms with Gasteiger partial charge in [-0.25, -0.2) is 0 Å². The van der Waals surface area contributed by atoms with Crippen LogP contribution in [-0.2, 0) is 4.79 Å². The minimum absolute atomic E-state index is 0.119. The van der Waals surface area contributed by atoms with Gasteiger partial charge in [-0.3, -0.25) is 4.79 Å². The summed E-state index contributed by atoms with van der Waals surface area (Å²) in [7, 11) is 0. The summed E-state index contributed by atoms with van der Waals surface area (Å²) in [6.45, 7) is 4.42. The van der Waals surface area contributed by atoms with Crippen molar-refractivity contribution in [1.82, 2.24) is 4.90 Å². The maximum absolute atomic E-state index is 12.0. The summed E-state index contributed by atoms with van der Waals surface area (Å²) in [4.78, 5) is 13.9. The first kappa shape index (κ1) is 13.7. The molecule has 3 nitrogen and oxygen atoms in total. The lowest BCUT2D eigenvalue weighted by atomic mass is 10.1. The number of hydrogen-bond donors (Lipinski definition) is 0. The summed E-state index contributed by atoms with van der Waals surface area (Å²) in [5, 5.41) is 0. The summed E-state index contributed by atoms with van der Waals surface area (Å²) >= 11 is 0. The fraction of sp³-hybridized carbons (Fsp3) is 0.438. The number of carbonyl (C=O) groups excluding carboxylic acids is 1. The van der Waals surface area contributed by atoms with Crippen LogP contribution in [0.5, 0.6) is 5.75 Å². The number of hydrogen-bond acceptors (Lipinski definition) is 2. The highest BCUT2D eigenvalue weighted by atomic mass is 16.5. The van der Waals surface area contributed by atoms with Crippen LogP contribution < -0.4 is 4.74 Å². The predicted octanol–water partition coefficient (Wildman–Crippen LogP) is 3.11. The van der Waals surface area contributed by atoms with E-state index in [0.29, 0.717) is 6.61 Å². The molecule has 19 heavy (non-hydrogen) atoms. The molecule has 1 aliphatic rings. The van der Waals surface area contributed by atoms with E-state index in [2.05, 4.69) is 0 Å². The number of piperidine rings is 1. The molecule has 1 amide bonds. The predicted molar refractivity (Wildman–Crippen MR) is 77.1 cm³/mol. The van der Waals surface area contributed by atoms with E-state index in [1.165, 1.54) is 6.42 Å². The van der Waals surface area contributed by atoms with Crippen LogP contribution in [0.25, 0.3) is 6.08 Å². The van der Waals surface area contributed by atoms with Crippen LogP contribution in [0.3, 0.4) is 0 Å². The average Bonchev–Trinajstić information content (AvgIpc) is 2.47. The molecule has 1 aromatic carbocycles. The molecule has 3 heteroatoms. The van der Waals surface area contributed by atoms with E-state index >= 15 is 0 Å². The van der Waals surface area contributed by atoms with Gasteiger partial charge in [-0.15, -0.1) is 0 Å². The van der Waals surface area contributed by atoms with Gasteiger partial charge in [0.05, 0.1) is 6.61 Å². The fourth-order valence-electron chi connectivity index (χ4n) is 2.23. The largest absolute Gasteiger partial charge is 0.494 e. The van der Waals surface area contributed by atoms with E-state index in [9.17, 15) is 4.79 Å². The van der Waals surface area contributed by atoms with Crippen LogP contribution in [0.2, 0.25) is 0 Å². The number of rotatable bonds is 4. The number of nitrogens with zero attached hydrogens (tertiary/aromatic N) is 1. The molecule has 0 bridgehead atoms. The Labute approximate surface area is 114 Å². The highest BCUT2D eigenvalue weighted by Crippen LogP contribution is 2.14. The van der Waals surface area contributed by atoms with Crippen LogP contribution in [0.4, 0.5) is 0 Å². The van der Waals surface area contributed by atoms with E-state index in [1.807, 2.05) is 42.2 Å². The quantitative estimate of drug-likeness (QED) is 0.778. The number of amides is 1. The highest BCUT2D eigenvalue weighted by molar-refractivity contribution is 5.91. The second-order valence-electron chi connectivity index (χ2n) is 4.72. The van der Waals surface area contributed by atoms with Gasteiger partial charge in [0.2, 0.25) is 5.91 Å². The molecule has 0 aromatic heterocycles. The summed E-state index contributed by atoms with van der Waals surface area (Å²) in [6, 6.07) is 7.78. The zero-order valence-electron chi connectivity index (χ0n) is 11.5. The summed E-state index contributed by atoms with van der Waals surface area (Å²) in [5.41, 5.74) is 1.02. The molecule has 2 rings (SSSR count). The summed E-state index contributed by atoms with van der Waals surface area (Å²) in [5.74, 6) is 0.982. The van der Waals surface area contributed by atoms with Gasteiger partial charge in [0.1, 0.15) is 5.75 Å². The number of benzene rings is 1. The van der Waals surface area contributed by atoms with Crippen molar-refractivity contribution in [2.75, 3.05) is 19.7 Å². The van der Waals surface area contributed by atoms with Crippen molar-refractivity contribution in [1.29, 1.82) is 0 Å². The van der Waals surface area contributed by atoms with Crippen LogP contribution in [0, 0.1) is 0 Å². The van der Waals surface area contributed by atoms with Gasteiger partial charge in [0, 0.05) is 19.2 Å². The van der Waals surface area contributed by atoms with Crippen molar-refractivity contribution >= 4 is 12.0 Å². The molecular formula is C16H21NO2. The van der Waals surface area contributed by atoms with E-state index in [-0.39, 0.29) is 5.91 Å². The molecule has 1 fully saturated rings. The van der Waals surface area contributed by atoms with E-state index in [1.54, 1.807) is 6.08 Å². The molecule has 0 atom stereocenters. The monoisotopic (exact) mass is 259 g/mol. The Morgan fingerprint density at radius 2 is 1.89 bits per heavy atom. The molecule has 0 aliphatic carbocycles. The van der Waals surface area contributed by atoms with Crippen molar-refractivity contribution in [2.45, 2.75) is 26.2 Å². The Kier molecular flexibility index (Phi) is 5.01. The maximum atomic E-state index is 12.0. The molecule has 1 saturated heterocycles. The van der Waals surface area contributed by atoms with Crippen LogP contribution >= 0.6 is 0 Å². The lowest BCUT2D eigenvalue weighted by Gasteiger charge is -2.25. The minimum atomic E-state index is 0.119. The third-order valence-corrected chi connectivity index (χ3v) is 3.28. The second-order valence-corrected chi connectivity index (χ2v) is 4.72. The summed E-state index contributed by atoms with van der Waals surface area (Å²) in [6.07, 6.45) is 7.03. The first-order chi connectivity index (χ1) is 9.29. The first-order valence-corrected chi connectivity index (χ1v) is 6.99. The van der Waals surface area contributed by atoms with E-state index < -0.39 is 0 Å². The number of ether oxygens (including phenoxy) is 1. The standard InChI is InChI=1S/C16H21NO2/c1-2-19-15-9-6-14(7-10-15)8-11-16(18)17-12-4-3-5-13-17/h6-11H,2-5,12-13H2,1H3. The normalized spacial score (nSPS) is 15.7. The number of carbonyl (C=O) groups is 1. The molecule has 0 N–H and O–H groups in total. The Hall–Kier alpha value is -1.77. The van der Waals surface area contributed by atoms with Crippen molar-refractivity contribution in [2.24, 2.45) is 0 Å². The van der Waals surface area contributed by atoms with Crippen molar-refractivity contribution in [3.05, 3.63) is 35.9 Å². The molecule has 1 aliphatic heterocycles. The fourth-order valence-corrected chi connectivity index (χ4v) is 2.23. The molecular weight excluding hydrogens is 238 g/mol. The molecule has 0 radical (unpaired) electrons. The Morgan fingerprint density at radius 1 is 1.21 bits per heavy atom. The highest BCUT2D eigenvalue weighted by Gasteiger charge is 2.13. The molecule has 1 heterocycles. The van der Waals surface area contributed by atoms with Crippen molar-refractivity contribution < 1.29 is 9.53 Å². The van der Waals surface area contributed by atoms with Crippen LogP contribution in [-0.4, -0.2) is 30.5 Å². The minimum Gasteiger partial charge on any atom is -0.494 e. The van der Waals surface area contributed by atoms with Gasteiger partial charge in [0.25, 0.3) is 0 Å². The second kappa shape index (κ2) is 6.98. The zero-order chi connectivity index (χ0) is 13.5. The smallest absolute Gasteiger partial charge is 0.246 e. The van der Waals surface area contributed by atoms with Crippen LogP contribution in [0.1, 0.15) is 31.7 Å². The molecule has 102 valence electrons. The van der Waals surface area contributed by atoms with Gasteiger partial charge in [-0.05, 0) is 50.0 Å². The van der Waals surface area contributed by atoms with Crippen molar-refractivity contribution in [3.8, 4) is 5.75 Å². The van der Waals surface area contributed by atoms with Gasteiger partial charge in [-0.1, -0.05) is 12.1 Å². The van der Waals surface area contributed by atoms with E-state index in [0.717, 1.165) is 37.2 Å². The Bertz CT molecular complexity index is 431. The van der Waals surface area contributed by atoms with Crippen LogP contribution in [0.15, 0.2) is 30.3 Å². The third-order valence-electron chi connectivity index (χ3n) is 3.28. The molecule has 0 saturated carbocycles. The molecule has 0 unspecified atom stereocenters. The van der Waals surface area contributed by atoms with Crippen molar-refractivity contribution in [3.63, 3.8) is 0 Å². The molecule has 0 spiro atoms. The zero-order valence-corrected chi connectivity index (χ0v) is 11.5. The number of likely N-dealkylation sites (tertiary alicyclic amines) is 1. The molecule has 1 aromatic rings. The van der Waals surface area contributed by atoms with E-state index in [4.69, 9.17) is 4.74 Å². The Morgan fingerprint density at radius 3 is 2.53 bits per heavy atom. The Balaban J connectivity index is 1.91. The van der Waals surface area contributed by atoms with Gasteiger partial charge in [-0.2, -0.15) is 0 Å². The van der Waals surface area contributed by atoms with Gasteiger partial charge in [0.15, 0.2) is 0 Å².